The first kappa shape index (κ1) is 17.5. The molecule has 1 aromatic heterocycles. The Morgan fingerprint density at radius 2 is 2.24 bits per heavy atom. The van der Waals surface area contributed by atoms with Gasteiger partial charge < -0.3 is 10.2 Å². The number of halogens is 2. The molecule has 0 unspecified atom stereocenters. The second-order valence-corrected chi connectivity index (χ2v) is 6.25. The van der Waals surface area contributed by atoms with Crippen LogP contribution in [0.15, 0.2) is 18.2 Å². The molecular formula is C17H21F2N5O. The fraction of sp³-hybridized carbons (Fsp3) is 0.471. The van der Waals surface area contributed by atoms with Crippen molar-refractivity contribution in [3.63, 3.8) is 0 Å². The van der Waals surface area contributed by atoms with Crippen molar-refractivity contribution in [3.05, 3.63) is 46.8 Å². The van der Waals surface area contributed by atoms with E-state index < -0.39 is 12.0 Å². The van der Waals surface area contributed by atoms with E-state index in [0.717, 1.165) is 5.56 Å². The molecule has 1 aliphatic heterocycles. The van der Waals surface area contributed by atoms with E-state index in [-0.39, 0.29) is 18.5 Å². The number of nitrogens with zero attached hydrogens (tertiary/aromatic N) is 3. The molecule has 0 bridgehead atoms. The van der Waals surface area contributed by atoms with Crippen molar-refractivity contribution in [2.45, 2.75) is 38.5 Å². The monoisotopic (exact) mass is 349 g/mol. The molecule has 2 N–H and O–H groups in total. The van der Waals surface area contributed by atoms with Gasteiger partial charge >= 0.3 is 0 Å². The largest absolute Gasteiger partial charge is 0.334 e. The highest BCUT2D eigenvalue weighted by Crippen LogP contribution is 2.22. The Morgan fingerprint density at radius 1 is 1.44 bits per heavy atom. The van der Waals surface area contributed by atoms with Crippen molar-refractivity contribution in [2.75, 3.05) is 13.6 Å². The molecule has 8 heteroatoms. The van der Waals surface area contributed by atoms with Gasteiger partial charge in [0.15, 0.2) is 5.82 Å². The van der Waals surface area contributed by atoms with Gasteiger partial charge in [-0.25, -0.2) is 13.8 Å². The van der Waals surface area contributed by atoms with Crippen LogP contribution in [0.1, 0.15) is 47.0 Å². The molecule has 2 heterocycles. The number of aryl methyl sites for hydroxylation is 1. The van der Waals surface area contributed by atoms with Crippen molar-refractivity contribution in [1.82, 2.24) is 25.4 Å². The van der Waals surface area contributed by atoms with Crippen LogP contribution in [0.4, 0.5) is 8.78 Å². The first-order valence-electron chi connectivity index (χ1n) is 8.30. The van der Waals surface area contributed by atoms with Gasteiger partial charge in [-0.2, -0.15) is 5.10 Å². The zero-order valence-corrected chi connectivity index (χ0v) is 14.2. The van der Waals surface area contributed by atoms with Gasteiger partial charge in [-0.1, -0.05) is 13.0 Å². The Bertz CT molecular complexity index is 763. The van der Waals surface area contributed by atoms with Crippen LogP contribution >= 0.6 is 0 Å². The van der Waals surface area contributed by atoms with Gasteiger partial charge in [-0.05, 0) is 24.1 Å². The summed E-state index contributed by atoms with van der Waals surface area (Å²) in [4.78, 5) is 18.4. The van der Waals surface area contributed by atoms with Crippen molar-refractivity contribution < 1.29 is 13.6 Å². The van der Waals surface area contributed by atoms with Gasteiger partial charge in [0.05, 0.1) is 12.6 Å². The summed E-state index contributed by atoms with van der Waals surface area (Å²) in [5.41, 5.74) is 1.14. The van der Waals surface area contributed by atoms with E-state index in [2.05, 4.69) is 20.5 Å². The minimum atomic E-state index is -0.892. The molecule has 2 atom stereocenters. The third-order valence-electron chi connectivity index (χ3n) is 4.35. The number of alkyl halides is 1. The Balaban J connectivity index is 1.70. The molecule has 1 fully saturated rings. The molecular weight excluding hydrogens is 328 g/mol. The van der Waals surface area contributed by atoms with E-state index in [0.29, 0.717) is 36.6 Å². The number of aromatic nitrogens is 3. The molecule has 1 saturated heterocycles. The lowest BCUT2D eigenvalue weighted by atomic mass is 10.0. The van der Waals surface area contributed by atoms with Crippen molar-refractivity contribution >= 4 is 5.91 Å². The molecule has 0 radical (unpaired) electrons. The molecule has 1 aliphatic rings. The van der Waals surface area contributed by atoms with Crippen LogP contribution in [0.25, 0.3) is 0 Å². The second-order valence-electron chi connectivity index (χ2n) is 6.25. The van der Waals surface area contributed by atoms with E-state index in [1.807, 2.05) is 6.92 Å². The van der Waals surface area contributed by atoms with Crippen LogP contribution in [0, 0.1) is 5.82 Å². The summed E-state index contributed by atoms with van der Waals surface area (Å²) in [7, 11) is 1.63. The molecule has 1 aromatic carbocycles. The summed E-state index contributed by atoms with van der Waals surface area (Å²) < 4.78 is 26.8. The Kier molecular flexibility index (Phi) is 5.08. The van der Waals surface area contributed by atoms with Gasteiger partial charge in [0.25, 0.3) is 5.91 Å². The summed E-state index contributed by atoms with van der Waals surface area (Å²) in [6.07, 6.45) is 0.0888. The Hall–Kier alpha value is -2.35. The molecule has 134 valence electrons. The summed E-state index contributed by atoms with van der Waals surface area (Å²) >= 11 is 0. The topological polar surface area (TPSA) is 73.9 Å². The number of H-pyrrole nitrogens is 1. The standard InChI is InChI=1S/C17H21F2N5O/c1-3-10-4-5-11(18)6-13(10)17(25)24(2)9-15-21-16(23-22-15)14-7-12(19)8-20-14/h4-6,12,14,20H,3,7-9H2,1-2H3,(H,21,22,23)/t12-,14+/m0/s1. The number of hydrogen-bond donors (Lipinski definition) is 2. The lowest BCUT2D eigenvalue weighted by Crippen LogP contribution is -2.27. The van der Waals surface area contributed by atoms with Crippen LogP contribution in [-0.2, 0) is 13.0 Å². The summed E-state index contributed by atoms with van der Waals surface area (Å²) in [6, 6.07) is 4.02. The fourth-order valence-electron chi connectivity index (χ4n) is 2.98. The van der Waals surface area contributed by atoms with Crippen LogP contribution in [-0.4, -0.2) is 45.8 Å². The highest BCUT2D eigenvalue weighted by atomic mass is 19.1. The normalized spacial score (nSPS) is 20.0. The third-order valence-corrected chi connectivity index (χ3v) is 4.35. The number of nitrogens with one attached hydrogen (secondary N) is 2. The molecule has 0 spiro atoms. The lowest BCUT2D eigenvalue weighted by molar-refractivity contribution is 0.0780. The Morgan fingerprint density at radius 3 is 2.92 bits per heavy atom. The highest BCUT2D eigenvalue weighted by Gasteiger charge is 2.28. The summed E-state index contributed by atoms with van der Waals surface area (Å²) in [5, 5.41) is 9.90. The molecule has 2 aromatic rings. The average molecular weight is 349 g/mol. The highest BCUT2D eigenvalue weighted by molar-refractivity contribution is 5.95. The van der Waals surface area contributed by atoms with Gasteiger partial charge in [0, 0.05) is 25.6 Å². The number of aromatic amines is 1. The van der Waals surface area contributed by atoms with E-state index in [9.17, 15) is 13.6 Å². The molecule has 25 heavy (non-hydrogen) atoms. The minimum absolute atomic E-state index is 0.206. The maximum Gasteiger partial charge on any atom is 0.254 e. The van der Waals surface area contributed by atoms with E-state index in [1.54, 1.807) is 13.1 Å². The van der Waals surface area contributed by atoms with Gasteiger partial charge in [0.2, 0.25) is 0 Å². The third kappa shape index (κ3) is 3.84. The second kappa shape index (κ2) is 7.26. The molecule has 3 rings (SSSR count). The van der Waals surface area contributed by atoms with E-state index >= 15 is 0 Å². The van der Waals surface area contributed by atoms with Crippen molar-refractivity contribution in [1.29, 1.82) is 0 Å². The SMILES string of the molecule is CCc1ccc(F)cc1C(=O)N(C)Cc1nc([C@H]2C[C@H](F)CN2)n[nH]1. The zero-order chi connectivity index (χ0) is 18.0. The molecule has 6 nitrogen and oxygen atoms in total. The number of hydrogen-bond acceptors (Lipinski definition) is 4. The number of rotatable bonds is 5. The zero-order valence-electron chi connectivity index (χ0n) is 14.2. The predicted molar refractivity (Wildman–Crippen MR) is 88.2 cm³/mol. The maximum absolute atomic E-state index is 13.5. The number of carbonyl (C=O) groups excluding carboxylic acids is 1. The smallest absolute Gasteiger partial charge is 0.254 e. The molecule has 0 aliphatic carbocycles. The first-order chi connectivity index (χ1) is 12.0. The van der Waals surface area contributed by atoms with Crippen LogP contribution < -0.4 is 5.32 Å². The first-order valence-corrected chi connectivity index (χ1v) is 8.30. The van der Waals surface area contributed by atoms with E-state index in [1.165, 1.54) is 17.0 Å². The fourth-order valence-corrected chi connectivity index (χ4v) is 2.98. The van der Waals surface area contributed by atoms with Crippen molar-refractivity contribution in [2.24, 2.45) is 0 Å². The summed E-state index contributed by atoms with van der Waals surface area (Å²) in [6.45, 7) is 2.42. The predicted octanol–water partition coefficient (Wildman–Crippen LogP) is 2.15. The quantitative estimate of drug-likeness (QED) is 0.867. The summed E-state index contributed by atoms with van der Waals surface area (Å²) in [5.74, 6) is 0.279. The number of benzene rings is 1. The number of amides is 1. The van der Waals surface area contributed by atoms with Crippen molar-refractivity contribution in [3.8, 4) is 0 Å². The maximum atomic E-state index is 13.5. The average Bonchev–Trinajstić information content (AvgIpc) is 3.23. The van der Waals surface area contributed by atoms with Crippen LogP contribution in [0.5, 0.6) is 0 Å². The van der Waals surface area contributed by atoms with E-state index in [4.69, 9.17) is 0 Å². The van der Waals surface area contributed by atoms with Gasteiger partial charge in [-0.15, -0.1) is 0 Å². The lowest BCUT2D eigenvalue weighted by Gasteiger charge is -2.17. The van der Waals surface area contributed by atoms with Crippen LogP contribution in [0.2, 0.25) is 0 Å². The van der Waals surface area contributed by atoms with Gasteiger partial charge in [-0.3, -0.25) is 9.89 Å². The molecule has 1 amide bonds. The molecule has 0 saturated carbocycles. The van der Waals surface area contributed by atoms with Gasteiger partial charge in [0.1, 0.15) is 17.8 Å². The van der Waals surface area contributed by atoms with Crippen LogP contribution in [0.3, 0.4) is 0 Å². The Labute approximate surface area is 144 Å². The number of carbonyl (C=O) groups is 1. The minimum Gasteiger partial charge on any atom is -0.334 e.